The van der Waals surface area contributed by atoms with Gasteiger partial charge >= 0.3 is 12.1 Å². The summed E-state index contributed by atoms with van der Waals surface area (Å²) in [4.78, 5) is 42.1. The Morgan fingerprint density at radius 2 is 1.83 bits per heavy atom. The lowest BCUT2D eigenvalue weighted by Crippen LogP contribution is -2.65. The Bertz CT molecular complexity index is 948. The van der Waals surface area contributed by atoms with E-state index in [-0.39, 0.29) is 23.2 Å². The van der Waals surface area contributed by atoms with Gasteiger partial charge < -0.3 is 29.3 Å². The number of hydrogen-bond donors (Lipinski definition) is 1. The predicted molar refractivity (Wildman–Crippen MR) is 131 cm³/mol. The van der Waals surface area contributed by atoms with Crippen molar-refractivity contribution in [3.05, 3.63) is 24.3 Å². The number of rotatable bonds is 6. The van der Waals surface area contributed by atoms with Gasteiger partial charge in [-0.15, -0.1) is 0 Å². The van der Waals surface area contributed by atoms with Crippen LogP contribution in [-0.4, -0.2) is 84.4 Å². The number of nitrogens with zero attached hydrogens (tertiary/aromatic N) is 3. The number of anilines is 1. The standard InChI is InChI=1S/C26H37N3O6/c1-4-34-22(30)19-7-6-12-28(16-19)20-8-5-9-21(15-20)35-25(2,3)23(31)29-17-26(18-29)10-13-27(14-11-26)24(32)33/h5,8-9,15,19H,4,6-7,10-14,16-18H2,1-3H3,(H,32,33)/t19-/m1/s1. The second-order valence-corrected chi connectivity index (χ2v) is 10.6. The lowest BCUT2D eigenvalue weighted by Gasteiger charge is -2.54. The number of benzene rings is 1. The normalized spacial score (nSPS) is 21.9. The fourth-order valence-corrected chi connectivity index (χ4v) is 5.52. The quantitative estimate of drug-likeness (QED) is 0.615. The number of piperidine rings is 2. The van der Waals surface area contributed by atoms with E-state index >= 15 is 0 Å². The first-order chi connectivity index (χ1) is 16.6. The Morgan fingerprint density at radius 3 is 2.49 bits per heavy atom. The van der Waals surface area contributed by atoms with Gasteiger partial charge in [0.25, 0.3) is 5.91 Å². The molecule has 3 fully saturated rings. The summed E-state index contributed by atoms with van der Waals surface area (Å²) in [5.41, 5.74) is -0.0357. The monoisotopic (exact) mass is 487 g/mol. The first-order valence-electron chi connectivity index (χ1n) is 12.6. The number of esters is 1. The predicted octanol–water partition coefficient (Wildman–Crippen LogP) is 3.23. The van der Waals surface area contributed by atoms with Crippen molar-refractivity contribution in [3.63, 3.8) is 0 Å². The van der Waals surface area contributed by atoms with Gasteiger partial charge in [0.05, 0.1) is 12.5 Å². The topological polar surface area (TPSA) is 99.6 Å². The van der Waals surface area contributed by atoms with Gasteiger partial charge in [-0.25, -0.2) is 4.79 Å². The van der Waals surface area contributed by atoms with Crippen molar-refractivity contribution < 1.29 is 29.0 Å². The Morgan fingerprint density at radius 1 is 1.11 bits per heavy atom. The van der Waals surface area contributed by atoms with Crippen LogP contribution in [0.4, 0.5) is 10.5 Å². The van der Waals surface area contributed by atoms with Gasteiger partial charge in [0.15, 0.2) is 5.60 Å². The van der Waals surface area contributed by atoms with Crippen LogP contribution in [0.2, 0.25) is 0 Å². The number of carbonyl (C=O) groups excluding carboxylic acids is 2. The third kappa shape index (κ3) is 5.49. The smallest absolute Gasteiger partial charge is 0.407 e. The molecule has 9 heteroatoms. The van der Waals surface area contributed by atoms with E-state index in [4.69, 9.17) is 14.6 Å². The molecule has 3 aliphatic heterocycles. The van der Waals surface area contributed by atoms with E-state index in [1.807, 2.05) is 36.1 Å². The highest BCUT2D eigenvalue weighted by Crippen LogP contribution is 2.41. The number of amides is 2. The molecule has 3 heterocycles. The highest BCUT2D eigenvalue weighted by molar-refractivity contribution is 5.85. The van der Waals surface area contributed by atoms with Crippen LogP contribution in [0, 0.1) is 11.3 Å². The van der Waals surface area contributed by atoms with Crippen molar-refractivity contribution in [1.82, 2.24) is 9.80 Å². The molecule has 2 amide bonds. The van der Waals surface area contributed by atoms with Gasteiger partial charge in [0.1, 0.15) is 5.75 Å². The average molecular weight is 488 g/mol. The molecule has 0 aliphatic carbocycles. The van der Waals surface area contributed by atoms with E-state index in [9.17, 15) is 14.4 Å². The van der Waals surface area contributed by atoms with Gasteiger partial charge in [-0.1, -0.05) is 6.07 Å². The molecule has 1 aromatic rings. The second-order valence-electron chi connectivity index (χ2n) is 10.6. The lowest BCUT2D eigenvalue weighted by molar-refractivity contribution is -0.160. The van der Waals surface area contributed by atoms with Crippen LogP contribution in [0.3, 0.4) is 0 Å². The zero-order chi connectivity index (χ0) is 25.2. The summed E-state index contributed by atoms with van der Waals surface area (Å²) in [5.74, 6) is 0.281. The highest BCUT2D eigenvalue weighted by atomic mass is 16.5. The third-order valence-corrected chi connectivity index (χ3v) is 7.55. The molecule has 0 radical (unpaired) electrons. The number of carbonyl (C=O) groups is 3. The number of carboxylic acid groups (broad SMARTS) is 1. The van der Waals surface area contributed by atoms with Crippen LogP contribution >= 0.6 is 0 Å². The van der Waals surface area contributed by atoms with E-state index < -0.39 is 11.7 Å². The van der Waals surface area contributed by atoms with Crippen LogP contribution in [0.15, 0.2) is 24.3 Å². The maximum Gasteiger partial charge on any atom is 0.407 e. The maximum atomic E-state index is 13.3. The van der Waals surface area contributed by atoms with Gasteiger partial charge in [-0.3, -0.25) is 9.59 Å². The second kappa shape index (κ2) is 9.95. The number of ether oxygens (including phenoxy) is 2. The fraction of sp³-hybridized carbons (Fsp3) is 0.654. The van der Waals surface area contributed by atoms with Gasteiger partial charge in [0.2, 0.25) is 0 Å². The summed E-state index contributed by atoms with van der Waals surface area (Å²) in [7, 11) is 0. The van der Waals surface area contributed by atoms with Crippen LogP contribution in [-0.2, 0) is 14.3 Å². The summed E-state index contributed by atoms with van der Waals surface area (Å²) < 4.78 is 11.4. The van der Waals surface area contributed by atoms with Gasteiger partial charge in [-0.05, 0) is 58.6 Å². The van der Waals surface area contributed by atoms with E-state index in [2.05, 4.69) is 4.90 Å². The third-order valence-electron chi connectivity index (χ3n) is 7.55. The van der Waals surface area contributed by atoms with Crippen LogP contribution < -0.4 is 9.64 Å². The van der Waals surface area contributed by atoms with Crippen molar-refractivity contribution in [2.75, 3.05) is 50.8 Å². The largest absolute Gasteiger partial charge is 0.478 e. The molecule has 1 aromatic carbocycles. The molecule has 1 N–H and O–H groups in total. The van der Waals surface area contributed by atoms with Crippen LogP contribution in [0.1, 0.15) is 46.5 Å². The Hall–Kier alpha value is -2.97. The molecule has 0 aromatic heterocycles. The molecule has 4 rings (SSSR count). The van der Waals surface area contributed by atoms with E-state index in [1.165, 1.54) is 4.90 Å². The molecule has 192 valence electrons. The SMILES string of the molecule is CCOC(=O)[C@@H]1CCCN(c2cccc(OC(C)(C)C(=O)N3CC4(CCN(C(=O)O)CC4)C3)c2)C1. The highest BCUT2D eigenvalue weighted by Gasteiger charge is 2.50. The fourth-order valence-electron chi connectivity index (χ4n) is 5.52. The molecule has 1 spiro atoms. The summed E-state index contributed by atoms with van der Waals surface area (Å²) in [6.45, 7) is 9.61. The Kier molecular flexibility index (Phi) is 7.15. The molecule has 0 unspecified atom stereocenters. The molecule has 0 bridgehead atoms. The molecule has 3 saturated heterocycles. The zero-order valence-corrected chi connectivity index (χ0v) is 21.0. The van der Waals surface area contributed by atoms with E-state index in [0.29, 0.717) is 45.1 Å². The summed E-state index contributed by atoms with van der Waals surface area (Å²) in [6, 6.07) is 7.69. The Labute approximate surface area is 206 Å². The minimum atomic E-state index is -1.03. The molecule has 3 aliphatic rings. The molecule has 1 atom stereocenters. The van der Waals surface area contributed by atoms with Gasteiger partial charge in [-0.2, -0.15) is 0 Å². The minimum absolute atomic E-state index is 0.0291. The van der Waals surface area contributed by atoms with Gasteiger partial charge in [0, 0.05) is 56.4 Å². The van der Waals surface area contributed by atoms with Crippen molar-refractivity contribution in [2.45, 2.75) is 52.1 Å². The molecule has 35 heavy (non-hydrogen) atoms. The summed E-state index contributed by atoms with van der Waals surface area (Å²) >= 11 is 0. The first kappa shape index (κ1) is 25.1. The van der Waals surface area contributed by atoms with E-state index in [1.54, 1.807) is 13.8 Å². The van der Waals surface area contributed by atoms with Crippen molar-refractivity contribution >= 4 is 23.7 Å². The van der Waals surface area contributed by atoms with Crippen LogP contribution in [0.25, 0.3) is 0 Å². The van der Waals surface area contributed by atoms with Crippen LogP contribution in [0.5, 0.6) is 5.75 Å². The average Bonchev–Trinajstić information content (AvgIpc) is 2.82. The zero-order valence-electron chi connectivity index (χ0n) is 21.0. The maximum absolute atomic E-state index is 13.3. The van der Waals surface area contributed by atoms with Crippen molar-refractivity contribution in [1.29, 1.82) is 0 Å². The van der Waals surface area contributed by atoms with Crippen molar-refractivity contribution in [2.24, 2.45) is 11.3 Å². The first-order valence-corrected chi connectivity index (χ1v) is 12.6. The number of hydrogen-bond acceptors (Lipinski definition) is 6. The molecular weight excluding hydrogens is 450 g/mol. The number of likely N-dealkylation sites (tertiary alicyclic amines) is 2. The lowest BCUT2D eigenvalue weighted by atomic mass is 9.71. The summed E-state index contributed by atoms with van der Waals surface area (Å²) in [5, 5.41) is 9.17. The molecule has 0 saturated carbocycles. The van der Waals surface area contributed by atoms with E-state index in [0.717, 1.165) is 37.9 Å². The Balaban J connectivity index is 1.34. The summed E-state index contributed by atoms with van der Waals surface area (Å²) in [6.07, 6.45) is 2.45. The molecular formula is C26H37N3O6. The van der Waals surface area contributed by atoms with Crippen molar-refractivity contribution in [3.8, 4) is 5.75 Å². The minimum Gasteiger partial charge on any atom is -0.478 e. The molecule has 9 nitrogen and oxygen atoms in total.